The summed E-state index contributed by atoms with van der Waals surface area (Å²) in [5, 5.41) is 15.0. The van der Waals surface area contributed by atoms with Crippen molar-refractivity contribution in [3.63, 3.8) is 0 Å². The molecule has 3 rings (SSSR count). The van der Waals surface area contributed by atoms with Crippen molar-refractivity contribution in [2.24, 2.45) is 0 Å². The molecule has 0 bridgehead atoms. The maximum atomic E-state index is 11.6. The number of morpholine rings is 1. The number of hydrogen-bond acceptors (Lipinski definition) is 4. The van der Waals surface area contributed by atoms with Crippen LogP contribution in [0.15, 0.2) is 54.6 Å². The van der Waals surface area contributed by atoms with E-state index in [1.54, 1.807) is 0 Å². The maximum Gasteiger partial charge on any atom is 0.122 e. The minimum Gasteiger partial charge on any atom is -0.494 e. The number of para-hydroxylation sites is 1. The molecule has 2 aromatic carbocycles. The molecule has 1 aliphatic rings. The molecular formula is C20H25NO3. The van der Waals surface area contributed by atoms with E-state index >= 15 is 0 Å². The van der Waals surface area contributed by atoms with E-state index in [2.05, 4.69) is 5.32 Å². The predicted octanol–water partition coefficient (Wildman–Crippen LogP) is 2.50. The molecule has 0 spiro atoms. The summed E-state index contributed by atoms with van der Waals surface area (Å²) in [6.45, 7) is 4.61. The minimum atomic E-state index is -1.11. The van der Waals surface area contributed by atoms with E-state index in [1.807, 2.05) is 61.5 Å². The van der Waals surface area contributed by atoms with Crippen LogP contribution in [0.25, 0.3) is 0 Å². The Hall–Kier alpha value is -1.88. The summed E-state index contributed by atoms with van der Waals surface area (Å²) in [6, 6.07) is 17.7. The summed E-state index contributed by atoms with van der Waals surface area (Å²) in [6.07, 6.45) is 0.142. The molecule has 4 heteroatoms. The largest absolute Gasteiger partial charge is 0.494 e. The Morgan fingerprint density at radius 2 is 1.92 bits per heavy atom. The van der Waals surface area contributed by atoms with Gasteiger partial charge in [0.1, 0.15) is 17.5 Å². The monoisotopic (exact) mass is 327 g/mol. The first-order valence-electron chi connectivity index (χ1n) is 8.55. The van der Waals surface area contributed by atoms with Gasteiger partial charge in [-0.3, -0.25) is 0 Å². The van der Waals surface area contributed by atoms with Crippen molar-refractivity contribution in [2.75, 3.05) is 26.3 Å². The normalized spacial score (nSPS) is 20.3. The van der Waals surface area contributed by atoms with Gasteiger partial charge in [0.2, 0.25) is 0 Å². The maximum absolute atomic E-state index is 11.6. The van der Waals surface area contributed by atoms with E-state index in [0.717, 1.165) is 23.4 Å². The van der Waals surface area contributed by atoms with Gasteiger partial charge in [0.25, 0.3) is 0 Å². The van der Waals surface area contributed by atoms with Crippen LogP contribution in [0.3, 0.4) is 0 Å². The first-order chi connectivity index (χ1) is 11.7. The van der Waals surface area contributed by atoms with E-state index in [-0.39, 0.29) is 6.10 Å². The van der Waals surface area contributed by atoms with Crippen molar-refractivity contribution in [2.45, 2.75) is 25.0 Å². The van der Waals surface area contributed by atoms with Crippen molar-refractivity contribution >= 4 is 0 Å². The van der Waals surface area contributed by atoms with Gasteiger partial charge in [-0.05, 0) is 24.1 Å². The fraction of sp³-hybridized carbons (Fsp3) is 0.400. The Morgan fingerprint density at radius 3 is 2.62 bits per heavy atom. The fourth-order valence-corrected chi connectivity index (χ4v) is 3.24. The lowest BCUT2D eigenvalue weighted by Gasteiger charge is -2.39. The second-order valence-electron chi connectivity index (χ2n) is 6.07. The molecule has 128 valence electrons. The average Bonchev–Trinajstić information content (AvgIpc) is 2.65. The van der Waals surface area contributed by atoms with Gasteiger partial charge >= 0.3 is 0 Å². The van der Waals surface area contributed by atoms with Crippen LogP contribution in [-0.2, 0) is 16.8 Å². The third-order valence-electron chi connectivity index (χ3n) is 4.47. The highest BCUT2D eigenvalue weighted by Crippen LogP contribution is 2.34. The molecule has 1 unspecified atom stereocenters. The van der Waals surface area contributed by atoms with Gasteiger partial charge in [0.05, 0.1) is 13.2 Å². The number of benzene rings is 2. The number of rotatable bonds is 6. The van der Waals surface area contributed by atoms with Gasteiger partial charge < -0.3 is 19.9 Å². The zero-order valence-corrected chi connectivity index (χ0v) is 14.1. The molecule has 0 aliphatic carbocycles. The van der Waals surface area contributed by atoms with E-state index in [4.69, 9.17) is 9.47 Å². The molecule has 0 amide bonds. The van der Waals surface area contributed by atoms with Crippen LogP contribution in [0.2, 0.25) is 0 Å². The van der Waals surface area contributed by atoms with Crippen LogP contribution >= 0.6 is 0 Å². The molecule has 2 atom stereocenters. The van der Waals surface area contributed by atoms with Gasteiger partial charge in [0.15, 0.2) is 0 Å². The molecule has 2 aromatic rings. The second kappa shape index (κ2) is 7.79. The minimum absolute atomic E-state index is 0.302. The molecule has 2 N–H and O–H groups in total. The topological polar surface area (TPSA) is 50.7 Å². The molecule has 0 radical (unpaired) electrons. The summed E-state index contributed by atoms with van der Waals surface area (Å²) in [4.78, 5) is 0. The highest BCUT2D eigenvalue weighted by Gasteiger charge is 2.41. The SMILES string of the molecule is CCOc1ccccc1C[C@@](O)(c1ccccc1)C1CNCCO1. The number of hydrogen-bond donors (Lipinski definition) is 2. The van der Waals surface area contributed by atoms with Gasteiger partial charge in [-0.25, -0.2) is 0 Å². The van der Waals surface area contributed by atoms with Crippen LogP contribution in [0.1, 0.15) is 18.1 Å². The standard InChI is InChI=1S/C20H25NO3/c1-2-23-18-11-7-6-8-16(18)14-20(22,17-9-4-3-5-10-17)19-15-21-12-13-24-19/h3-11,19,21-22H,2,12-15H2,1H3/t19?,20-/m1/s1. The van der Waals surface area contributed by atoms with Crippen molar-refractivity contribution in [1.82, 2.24) is 5.32 Å². The van der Waals surface area contributed by atoms with Crippen LogP contribution < -0.4 is 10.1 Å². The third kappa shape index (κ3) is 3.61. The fourth-order valence-electron chi connectivity index (χ4n) is 3.24. The molecule has 1 fully saturated rings. The van der Waals surface area contributed by atoms with E-state index < -0.39 is 5.60 Å². The molecule has 1 aliphatic heterocycles. The Balaban J connectivity index is 1.96. The molecule has 24 heavy (non-hydrogen) atoms. The lowest BCUT2D eigenvalue weighted by Crippen LogP contribution is -2.52. The van der Waals surface area contributed by atoms with E-state index in [0.29, 0.717) is 26.2 Å². The molecule has 0 aromatic heterocycles. The smallest absolute Gasteiger partial charge is 0.122 e. The van der Waals surface area contributed by atoms with Crippen molar-refractivity contribution in [3.05, 3.63) is 65.7 Å². The zero-order chi connectivity index (χ0) is 16.8. The first-order valence-corrected chi connectivity index (χ1v) is 8.55. The average molecular weight is 327 g/mol. The molecule has 1 saturated heterocycles. The highest BCUT2D eigenvalue weighted by molar-refractivity contribution is 5.37. The summed E-state index contributed by atoms with van der Waals surface area (Å²) in [5.74, 6) is 0.818. The van der Waals surface area contributed by atoms with Crippen LogP contribution in [-0.4, -0.2) is 37.5 Å². The van der Waals surface area contributed by atoms with Crippen LogP contribution in [0, 0.1) is 0 Å². The van der Waals surface area contributed by atoms with Crippen molar-refractivity contribution in [1.29, 1.82) is 0 Å². The number of aliphatic hydroxyl groups is 1. The van der Waals surface area contributed by atoms with E-state index in [9.17, 15) is 5.11 Å². The summed E-state index contributed by atoms with van der Waals surface area (Å²) in [7, 11) is 0. The second-order valence-corrected chi connectivity index (χ2v) is 6.07. The van der Waals surface area contributed by atoms with Gasteiger partial charge in [0, 0.05) is 19.5 Å². The molecule has 1 heterocycles. The van der Waals surface area contributed by atoms with Gasteiger partial charge in [-0.1, -0.05) is 48.5 Å². The Kier molecular flexibility index (Phi) is 5.51. The lowest BCUT2D eigenvalue weighted by atomic mass is 9.81. The predicted molar refractivity (Wildman–Crippen MR) is 94.3 cm³/mol. The highest BCUT2D eigenvalue weighted by atomic mass is 16.5. The molecule has 4 nitrogen and oxygen atoms in total. The quantitative estimate of drug-likeness (QED) is 0.856. The Labute approximate surface area is 143 Å². The van der Waals surface area contributed by atoms with Crippen molar-refractivity contribution in [3.8, 4) is 5.75 Å². The first kappa shape index (κ1) is 17.0. The van der Waals surface area contributed by atoms with Crippen molar-refractivity contribution < 1.29 is 14.6 Å². The lowest BCUT2D eigenvalue weighted by molar-refractivity contribution is -0.124. The summed E-state index contributed by atoms with van der Waals surface area (Å²) < 4.78 is 11.7. The number of ether oxygens (including phenoxy) is 2. The summed E-state index contributed by atoms with van der Waals surface area (Å²) in [5.41, 5.74) is 0.742. The van der Waals surface area contributed by atoms with E-state index in [1.165, 1.54) is 0 Å². The Bertz CT molecular complexity index is 640. The molecule has 0 saturated carbocycles. The Morgan fingerprint density at radius 1 is 1.17 bits per heavy atom. The van der Waals surface area contributed by atoms with Gasteiger partial charge in [-0.15, -0.1) is 0 Å². The third-order valence-corrected chi connectivity index (χ3v) is 4.47. The van der Waals surface area contributed by atoms with Crippen LogP contribution in [0.5, 0.6) is 5.75 Å². The molecular weight excluding hydrogens is 302 g/mol. The zero-order valence-electron chi connectivity index (χ0n) is 14.1. The summed E-state index contributed by atoms with van der Waals surface area (Å²) >= 11 is 0. The van der Waals surface area contributed by atoms with Gasteiger partial charge in [-0.2, -0.15) is 0 Å². The number of nitrogens with one attached hydrogen (secondary N) is 1. The van der Waals surface area contributed by atoms with Crippen LogP contribution in [0.4, 0.5) is 0 Å².